The van der Waals surface area contributed by atoms with Gasteiger partial charge in [-0.15, -0.1) is 11.8 Å². The first-order chi connectivity index (χ1) is 6.95. The normalized spacial score (nSPS) is 12.5. The highest BCUT2D eigenvalue weighted by Gasteiger charge is 2.13. The van der Waals surface area contributed by atoms with Gasteiger partial charge >= 0.3 is 5.97 Å². The zero-order valence-corrected chi connectivity index (χ0v) is 10.3. The van der Waals surface area contributed by atoms with E-state index in [0.29, 0.717) is 17.4 Å². The lowest BCUT2D eigenvalue weighted by Gasteiger charge is -2.14. The van der Waals surface area contributed by atoms with E-state index >= 15 is 0 Å². The van der Waals surface area contributed by atoms with E-state index in [1.165, 1.54) is 0 Å². The van der Waals surface area contributed by atoms with Gasteiger partial charge in [-0.1, -0.05) is 20.8 Å². The van der Waals surface area contributed by atoms with Crippen molar-refractivity contribution in [3.05, 3.63) is 0 Å². The molecule has 1 atom stereocenters. The molecule has 0 aromatic heterocycles. The monoisotopic (exact) mass is 233 g/mol. The highest BCUT2D eigenvalue weighted by Crippen LogP contribution is 2.08. The van der Waals surface area contributed by atoms with E-state index < -0.39 is 5.97 Å². The van der Waals surface area contributed by atoms with Gasteiger partial charge in [-0.05, 0) is 11.7 Å². The molecular weight excluding hydrogens is 214 g/mol. The second-order valence-electron chi connectivity index (χ2n) is 3.63. The topological polar surface area (TPSA) is 66.4 Å². The average Bonchev–Trinajstić information content (AvgIpc) is 2.13. The lowest BCUT2D eigenvalue weighted by Crippen LogP contribution is -2.37. The molecule has 1 unspecified atom stereocenters. The maximum Gasteiger partial charge on any atom is 0.305 e. The number of nitrogens with one attached hydrogen (secondary N) is 1. The minimum atomic E-state index is -0.876. The van der Waals surface area contributed by atoms with Crippen LogP contribution in [-0.4, -0.2) is 34.0 Å². The second-order valence-corrected chi connectivity index (χ2v) is 5.20. The summed E-state index contributed by atoms with van der Waals surface area (Å²) >= 11 is 1.55. The van der Waals surface area contributed by atoms with Crippen molar-refractivity contribution >= 4 is 23.6 Å². The van der Waals surface area contributed by atoms with Crippen LogP contribution in [0.4, 0.5) is 0 Å². The Morgan fingerprint density at radius 1 is 1.40 bits per heavy atom. The summed E-state index contributed by atoms with van der Waals surface area (Å²) in [6.07, 6.45) is 0.638. The molecule has 0 saturated carbocycles. The van der Waals surface area contributed by atoms with E-state index in [4.69, 9.17) is 5.11 Å². The third-order valence-electron chi connectivity index (χ3n) is 1.83. The van der Waals surface area contributed by atoms with Crippen LogP contribution in [0.5, 0.6) is 0 Å². The number of aliphatic carboxylic acids is 1. The molecule has 0 saturated heterocycles. The van der Waals surface area contributed by atoms with Crippen molar-refractivity contribution in [1.29, 1.82) is 0 Å². The summed E-state index contributed by atoms with van der Waals surface area (Å²) in [5, 5.41) is 11.7. The third kappa shape index (κ3) is 8.30. The second kappa shape index (κ2) is 7.56. The zero-order chi connectivity index (χ0) is 11.8. The van der Waals surface area contributed by atoms with Crippen LogP contribution < -0.4 is 5.32 Å². The minimum Gasteiger partial charge on any atom is -0.481 e. The van der Waals surface area contributed by atoms with E-state index in [-0.39, 0.29) is 18.4 Å². The van der Waals surface area contributed by atoms with Crippen molar-refractivity contribution in [1.82, 2.24) is 5.32 Å². The van der Waals surface area contributed by atoms with Gasteiger partial charge in [0.05, 0.1) is 12.2 Å². The molecule has 0 aliphatic heterocycles. The van der Waals surface area contributed by atoms with Crippen molar-refractivity contribution in [3.63, 3.8) is 0 Å². The van der Waals surface area contributed by atoms with Crippen LogP contribution >= 0.6 is 11.8 Å². The van der Waals surface area contributed by atoms with Gasteiger partial charge < -0.3 is 10.4 Å². The van der Waals surface area contributed by atoms with Crippen LogP contribution in [0.1, 0.15) is 33.6 Å². The number of carboxylic acids is 1. The Labute approximate surface area is 94.8 Å². The smallest absolute Gasteiger partial charge is 0.305 e. The van der Waals surface area contributed by atoms with Crippen molar-refractivity contribution < 1.29 is 14.7 Å². The Kier molecular flexibility index (Phi) is 7.21. The number of hydrogen-bond donors (Lipinski definition) is 2. The summed E-state index contributed by atoms with van der Waals surface area (Å²) in [4.78, 5) is 21.8. The molecule has 1 amide bonds. The number of carbonyl (C=O) groups is 2. The van der Waals surface area contributed by atoms with Gasteiger partial charge in [0.15, 0.2) is 0 Å². The van der Waals surface area contributed by atoms with Gasteiger partial charge in [0.1, 0.15) is 0 Å². The molecule has 0 aliphatic carbocycles. The van der Waals surface area contributed by atoms with E-state index in [1.54, 1.807) is 11.8 Å². The van der Waals surface area contributed by atoms with Crippen molar-refractivity contribution in [2.24, 2.45) is 0 Å². The van der Waals surface area contributed by atoms with E-state index in [2.05, 4.69) is 5.32 Å². The molecule has 0 aromatic carbocycles. The fraction of sp³-hybridized carbons (Fsp3) is 0.800. The first kappa shape index (κ1) is 14.3. The average molecular weight is 233 g/mol. The molecule has 0 aromatic rings. The van der Waals surface area contributed by atoms with Gasteiger partial charge in [-0.3, -0.25) is 9.59 Å². The highest BCUT2D eigenvalue weighted by molar-refractivity contribution is 8.00. The van der Waals surface area contributed by atoms with Crippen LogP contribution in [0.3, 0.4) is 0 Å². The van der Waals surface area contributed by atoms with Crippen LogP contribution in [0, 0.1) is 0 Å². The number of amides is 1. The van der Waals surface area contributed by atoms with Gasteiger partial charge in [0.25, 0.3) is 0 Å². The fourth-order valence-electron chi connectivity index (χ4n) is 1.02. The van der Waals surface area contributed by atoms with Gasteiger partial charge in [0.2, 0.25) is 5.91 Å². The van der Waals surface area contributed by atoms with E-state index in [0.717, 1.165) is 0 Å². The first-order valence-electron chi connectivity index (χ1n) is 5.08. The number of rotatable bonds is 7. The summed E-state index contributed by atoms with van der Waals surface area (Å²) in [7, 11) is 0. The van der Waals surface area contributed by atoms with Crippen molar-refractivity contribution in [2.75, 3.05) is 5.75 Å². The quantitative estimate of drug-likeness (QED) is 0.699. The molecule has 4 nitrogen and oxygen atoms in total. The number of carbonyl (C=O) groups excluding carboxylic acids is 1. The molecule has 2 N–H and O–H groups in total. The Bertz CT molecular complexity index is 219. The molecule has 0 spiro atoms. The largest absolute Gasteiger partial charge is 0.481 e. The van der Waals surface area contributed by atoms with Gasteiger partial charge in [-0.25, -0.2) is 0 Å². The molecule has 15 heavy (non-hydrogen) atoms. The molecule has 0 aliphatic rings. The van der Waals surface area contributed by atoms with E-state index in [1.807, 2.05) is 20.8 Å². The Hall–Kier alpha value is -0.710. The van der Waals surface area contributed by atoms with E-state index in [9.17, 15) is 9.59 Å². The summed E-state index contributed by atoms with van der Waals surface area (Å²) in [6, 6.07) is -0.247. The summed E-state index contributed by atoms with van der Waals surface area (Å²) in [5.74, 6) is -0.561. The maximum absolute atomic E-state index is 11.4. The third-order valence-corrected chi connectivity index (χ3v) is 2.92. The fourth-order valence-corrected chi connectivity index (χ4v) is 1.59. The first-order valence-corrected chi connectivity index (χ1v) is 6.13. The zero-order valence-electron chi connectivity index (χ0n) is 9.45. The lowest BCUT2D eigenvalue weighted by molar-refractivity contribution is -0.137. The molecule has 88 valence electrons. The molecule has 0 rings (SSSR count). The molecule has 0 bridgehead atoms. The van der Waals surface area contributed by atoms with Crippen molar-refractivity contribution in [3.8, 4) is 0 Å². The Morgan fingerprint density at radius 3 is 2.40 bits per heavy atom. The molecule has 5 heteroatoms. The Morgan fingerprint density at radius 2 is 2.00 bits per heavy atom. The standard InChI is InChI=1S/C10H19NO3S/c1-4-8(5-10(13)14)11-9(12)6-15-7(2)3/h7-8H,4-6H2,1-3H3,(H,11,12)(H,13,14). The van der Waals surface area contributed by atoms with Crippen LogP contribution in [0.25, 0.3) is 0 Å². The Balaban J connectivity index is 3.85. The predicted molar refractivity (Wildman–Crippen MR) is 62.1 cm³/mol. The number of hydrogen-bond acceptors (Lipinski definition) is 3. The maximum atomic E-state index is 11.4. The summed E-state index contributed by atoms with van der Waals surface area (Å²) < 4.78 is 0. The van der Waals surface area contributed by atoms with Gasteiger partial charge in [-0.2, -0.15) is 0 Å². The van der Waals surface area contributed by atoms with Crippen LogP contribution in [0.2, 0.25) is 0 Å². The van der Waals surface area contributed by atoms with Crippen LogP contribution in [0.15, 0.2) is 0 Å². The summed E-state index contributed by atoms with van der Waals surface area (Å²) in [6.45, 7) is 5.91. The van der Waals surface area contributed by atoms with Crippen LogP contribution in [-0.2, 0) is 9.59 Å². The molecule has 0 fully saturated rings. The minimum absolute atomic E-state index is 0.00537. The highest BCUT2D eigenvalue weighted by atomic mass is 32.2. The molecular formula is C10H19NO3S. The summed E-state index contributed by atoms with van der Waals surface area (Å²) in [5.41, 5.74) is 0. The molecule has 0 heterocycles. The number of thioether (sulfide) groups is 1. The lowest BCUT2D eigenvalue weighted by atomic mass is 10.1. The van der Waals surface area contributed by atoms with Crippen molar-refractivity contribution in [2.45, 2.75) is 44.9 Å². The SMILES string of the molecule is CCC(CC(=O)O)NC(=O)CSC(C)C. The number of carboxylic acid groups (broad SMARTS) is 1. The van der Waals surface area contributed by atoms with Gasteiger partial charge in [0, 0.05) is 6.04 Å². The molecule has 0 radical (unpaired) electrons. The predicted octanol–water partition coefficient (Wildman–Crippen LogP) is 1.50.